The van der Waals surface area contributed by atoms with Gasteiger partial charge in [-0.15, -0.1) is 0 Å². The van der Waals surface area contributed by atoms with Crippen LogP contribution in [0.15, 0.2) is 59.5 Å². The average Bonchev–Trinajstić information content (AvgIpc) is 2.64. The highest BCUT2D eigenvalue weighted by Crippen LogP contribution is 2.33. The summed E-state index contributed by atoms with van der Waals surface area (Å²) in [5, 5.41) is 2.56. The normalized spacial score (nSPS) is 10.5. The maximum atomic E-state index is 13.2. The van der Waals surface area contributed by atoms with E-state index < -0.39 is 18.4 Å². The molecule has 3 rings (SSSR count). The summed E-state index contributed by atoms with van der Waals surface area (Å²) < 4.78 is 31.9. The highest BCUT2D eigenvalue weighted by Gasteiger charge is 2.16. The molecule has 0 aliphatic carbocycles. The molecule has 0 aliphatic heterocycles. The Balaban J connectivity index is 1.94. The number of H-pyrrole nitrogens is 1. The van der Waals surface area contributed by atoms with Crippen LogP contribution < -0.4 is 15.6 Å². The molecule has 0 radical (unpaired) electrons. The zero-order valence-electron chi connectivity index (χ0n) is 13.8. The molecule has 3 aromatic rings. The molecule has 1 heterocycles. The number of carbonyl (C=O) groups excluding carboxylic acids is 1. The fourth-order valence-electron chi connectivity index (χ4n) is 2.32. The van der Waals surface area contributed by atoms with E-state index in [1.165, 1.54) is 42.6 Å². The van der Waals surface area contributed by atoms with Gasteiger partial charge in [-0.3, -0.25) is 9.59 Å². The van der Waals surface area contributed by atoms with E-state index in [4.69, 9.17) is 16.3 Å². The standard InChI is InChI=1S/C19H13ClF2N2O3/c20-15-8-12(22)2-4-16(15)27-17-7-11(10-21)1-3-14(17)19(26)24-13-5-6-23-18(25)9-13/h1-9H,10H2,(H2,23,24,25,26). The van der Waals surface area contributed by atoms with E-state index in [1.807, 2.05) is 0 Å². The number of amides is 1. The van der Waals surface area contributed by atoms with E-state index >= 15 is 0 Å². The van der Waals surface area contributed by atoms with Crippen molar-refractivity contribution in [3.63, 3.8) is 0 Å². The largest absolute Gasteiger partial charge is 0.455 e. The van der Waals surface area contributed by atoms with Crippen LogP contribution >= 0.6 is 11.6 Å². The number of nitrogens with one attached hydrogen (secondary N) is 2. The molecular formula is C19H13ClF2N2O3. The average molecular weight is 391 g/mol. The lowest BCUT2D eigenvalue weighted by atomic mass is 10.1. The van der Waals surface area contributed by atoms with Crippen molar-refractivity contribution >= 4 is 23.2 Å². The topological polar surface area (TPSA) is 71.2 Å². The van der Waals surface area contributed by atoms with Gasteiger partial charge in [0.25, 0.3) is 5.91 Å². The molecule has 0 saturated carbocycles. The quantitative estimate of drug-likeness (QED) is 0.664. The van der Waals surface area contributed by atoms with Gasteiger partial charge in [-0.05, 0) is 42.0 Å². The highest BCUT2D eigenvalue weighted by atomic mass is 35.5. The Morgan fingerprint density at radius 3 is 2.63 bits per heavy atom. The third-order valence-corrected chi connectivity index (χ3v) is 3.89. The van der Waals surface area contributed by atoms with Crippen molar-refractivity contribution in [1.82, 2.24) is 4.98 Å². The van der Waals surface area contributed by atoms with Gasteiger partial charge in [0, 0.05) is 18.0 Å². The summed E-state index contributed by atoms with van der Waals surface area (Å²) in [4.78, 5) is 26.4. The number of benzene rings is 2. The monoisotopic (exact) mass is 390 g/mol. The highest BCUT2D eigenvalue weighted by molar-refractivity contribution is 6.32. The van der Waals surface area contributed by atoms with Crippen molar-refractivity contribution in [3.05, 3.63) is 87.0 Å². The van der Waals surface area contributed by atoms with Crippen LogP contribution in [0, 0.1) is 5.82 Å². The number of aromatic amines is 1. The number of anilines is 1. The van der Waals surface area contributed by atoms with Gasteiger partial charge < -0.3 is 15.0 Å². The van der Waals surface area contributed by atoms with Crippen molar-refractivity contribution in [1.29, 1.82) is 0 Å². The minimum atomic E-state index is -0.760. The summed E-state index contributed by atoms with van der Waals surface area (Å²) in [6.45, 7) is -0.760. The van der Waals surface area contributed by atoms with Gasteiger partial charge in [0.1, 0.15) is 24.0 Å². The molecule has 0 bridgehead atoms. The summed E-state index contributed by atoms with van der Waals surface area (Å²) in [6.07, 6.45) is 1.39. The number of halogens is 3. The van der Waals surface area contributed by atoms with Crippen LogP contribution in [-0.2, 0) is 6.67 Å². The number of aromatic nitrogens is 1. The number of hydrogen-bond acceptors (Lipinski definition) is 3. The van der Waals surface area contributed by atoms with Crippen LogP contribution in [0.4, 0.5) is 14.5 Å². The van der Waals surface area contributed by atoms with Crippen molar-refractivity contribution < 1.29 is 18.3 Å². The third kappa shape index (κ3) is 4.51. The molecule has 0 fully saturated rings. The Kier molecular flexibility index (Phi) is 5.52. The minimum absolute atomic E-state index is 0.00148. The van der Waals surface area contributed by atoms with Crippen LogP contribution in [-0.4, -0.2) is 10.9 Å². The van der Waals surface area contributed by atoms with Gasteiger partial charge in [0.05, 0.1) is 10.6 Å². The van der Waals surface area contributed by atoms with Crippen molar-refractivity contribution in [2.24, 2.45) is 0 Å². The maximum absolute atomic E-state index is 13.2. The van der Waals surface area contributed by atoms with E-state index in [-0.39, 0.29) is 38.9 Å². The van der Waals surface area contributed by atoms with Gasteiger partial charge in [-0.1, -0.05) is 17.7 Å². The summed E-state index contributed by atoms with van der Waals surface area (Å²) in [5.74, 6) is -0.961. The summed E-state index contributed by atoms with van der Waals surface area (Å²) in [7, 11) is 0. The molecule has 0 unspecified atom stereocenters. The number of alkyl halides is 1. The SMILES string of the molecule is O=C(Nc1cc[nH]c(=O)c1)c1ccc(CF)cc1Oc1ccc(F)cc1Cl. The smallest absolute Gasteiger partial charge is 0.259 e. The predicted octanol–water partition coefficient (Wildman–Crippen LogP) is 4.68. The van der Waals surface area contributed by atoms with Crippen LogP contribution in [0.5, 0.6) is 11.5 Å². The molecule has 5 nitrogen and oxygen atoms in total. The number of pyridine rings is 1. The van der Waals surface area contributed by atoms with E-state index in [2.05, 4.69) is 10.3 Å². The maximum Gasteiger partial charge on any atom is 0.259 e. The Bertz CT molecular complexity index is 1050. The summed E-state index contributed by atoms with van der Waals surface area (Å²) in [5.41, 5.74) is 0.281. The molecule has 2 aromatic carbocycles. The molecule has 27 heavy (non-hydrogen) atoms. The zero-order chi connectivity index (χ0) is 19.4. The Labute approximate surface area is 157 Å². The molecule has 1 aromatic heterocycles. The Hall–Kier alpha value is -3.19. The van der Waals surface area contributed by atoms with Crippen molar-refractivity contribution in [2.45, 2.75) is 6.67 Å². The van der Waals surface area contributed by atoms with Gasteiger partial charge in [-0.2, -0.15) is 0 Å². The Morgan fingerprint density at radius 2 is 1.93 bits per heavy atom. The van der Waals surface area contributed by atoms with E-state index in [9.17, 15) is 18.4 Å². The zero-order valence-corrected chi connectivity index (χ0v) is 14.5. The van der Waals surface area contributed by atoms with Crippen molar-refractivity contribution in [2.75, 3.05) is 5.32 Å². The second kappa shape index (κ2) is 8.01. The van der Waals surface area contributed by atoms with Crippen LogP contribution in [0.1, 0.15) is 15.9 Å². The van der Waals surface area contributed by atoms with E-state index in [0.29, 0.717) is 0 Å². The fourth-order valence-corrected chi connectivity index (χ4v) is 2.52. The predicted molar refractivity (Wildman–Crippen MR) is 97.8 cm³/mol. The molecule has 0 atom stereocenters. The number of ether oxygens (including phenoxy) is 1. The van der Waals surface area contributed by atoms with Gasteiger partial charge in [0.2, 0.25) is 5.56 Å². The number of carbonyl (C=O) groups is 1. The third-order valence-electron chi connectivity index (χ3n) is 3.59. The molecule has 8 heteroatoms. The van der Waals surface area contributed by atoms with Gasteiger partial charge >= 0.3 is 0 Å². The Morgan fingerprint density at radius 1 is 1.11 bits per heavy atom. The first-order valence-corrected chi connectivity index (χ1v) is 8.16. The number of hydrogen-bond donors (Lipinski definition) is 2. The van der Waals surface area contributed by atoms with E-state index in [0.717, 1.165) is 12.1 Å². The van der Waals surface area contributed by atoms with Crippen LogP contribution in [0.3, 0.4) is 0 Å². The molecule has 0 spiro atoms. The first-order chi connectivity index (χ1) is 13.0. The first kappa shape index (κ1) is 18.6. The van der Waals surface area contributed by atoms with Gasteiger partial charge in [-0.25, -0.2) is 8.78 Å². The second-order valence-corrected chi connectivity index (χ2v) is 5.94. The van der Waals surface area contributed by atoms with Crippen LogP contribution in [0.2, 0.25) is 5.02 Å². The van der Waals surface area contributed by atoms with Crippen molar-refractivity contribution in [3.8, 4) is 11.5 Å². The first-order valence-electron chi connectivity index (χ1n) is 7.78. The molecular weight excluding hydrogens is 378 g/mol. The summed E-state index contributed by atoms with van der Waals surface area (Å²) >= 11 is 5.95. The molecule has 138 valence electrons. The fraction of sp³-hybridized carbons (Fsp3) is 0.0526. The summed E-state index contributed by atoms with van der Waals surface area (Å²) in [6, 6.07) is 10.4. The lowest BCUT2D eigenvalue weighted by Crippen LogP contribution is -2.15. The van der Waals surface area contributed by atoms with Crippen LogP contribution in [0.25, 0.3) is 0 Å². The molecule has 2 N–H and O–H groups in total. The van der Waals surface area contributed by atoms with E-state index in [1.54, 1.807) is 0 Å². The van der Waals surface area contributed by atoms with Gasteiger partial charge in [0.15, 0.2) is 0 Å². The molecule has 0 aliphatic rings. The second-order valence-electron chi connectivity index (χ2n) is 5.54. The lowest BCUT2D eigenvalue weighted by Gasteiger charge is -2.13. The lowest BCUT2D eigenvalue weighted by molar-refractivity contribution is 0.102. The molecule has 1 amide bonds. The minimum Gasteiger partial charge on any atom is -0.455 e. The number of rotatable bonds is 5. The molecule has 0 saturated heterocycles.